The lowest BCUT2D eigenvalue weighted by atomic mass is 9.96. The minimum Gasteiger partial charge on any atom is -0.391 e. The first kappa shape index (κ1) is 13.1. The van der Waals surface area contributed by atoms with Crippen LogP contribution in [-0.2, 0) is 6.54 Å². The van der Waals surface area contributed by atoms with Crippen molar-refractivity contribution in [3.63, 3.8) is 0 Å². The predicted molar refractivity (Wildman–Crippen MR) is 68.3 cm³/mol. The number of carbonyl (C=O) groups excluding carboxylic acids is 1. The fourth-order valence-corrected chi connectivity index (χ4v) is 2.35. The molecule has 0 bridgehead atoms. The van der Waals surface area contributed by atoms with Crippen LogP contribution < -0.4 is 0 Å². The number of β-amino-alcohol motifs (C(OH)–C–C–N with tert-alkyl or cyclic N) is 1. The lowest BCUT2D eigenvalue weighted by Crippen LogP contribution is -2.46. The molecule has 1 aliphatic rings. The molecule has 1 amide bonds. The highest BCUT2D eigenvalue weighted by Gasteiger charge is 2.29. The zero-order chi connectivity index (χ0) is 13.3. The molecular weight excluding hydrogens is 230 g/mol. The summed E-state index contributed by atoms with van der Waals surface area (Å²) in [7, 11) is 0. The first-order chi connectivity index (χ1) is 8.52. The second-order valence-electron chi connectivity index (χ2n) is 5.07. The molecule has 2 heterocycles. The molecule has 1 saturated heterocycles. The van der Waals surface area contributed by atoms with E-state index in [0.29, 0.717) is 25.3 Å². The normalized spacial score (nSPS) is 24.3. The van der Waals surface area contributed by atoms with Crippen LogP contribution in [0, 0.1) is 12.8 Å². The summed E-state index contributed by atoms with van der Waals surface area (Å²) in [5.41, 5.74) is 1.47. The highest BCUT2D eigenvalue weighted by molar-refractivity contribution is 5.92. The standard InChI is InChI=1S/C13H21N3O2/c1-4-16-11(7-10(3)14-16)13(18)15-6-5-9(2)12(17)8-15/h7,9,12,17H,4-6,8H2,1-3H3. The number of carbonyl (C=O) groups is 1. The maximum absolute atomic E-state index is 12.4. The maximum Gasteiger partial charge on any atom is 0.272 e. The Morgan fingerprint density at radius 1 is 1.61 bits per heavy atom. The van der Waals surface area contributed by atoms with Gasteiger partial charge in [0.1, 0.15) is 5.69 Å². The van der Waals surface area contributed by atoms with E-state index in [1.54, 1.807) is 9.58 Å². The molecule has 0 saturated carbocycles. The molecule has 1 fully saturated rings. The molecular formula is C13H21N3O2. The van der Waals surface area contributed by atoms with E-state index >= 15 is 0 Å². The SMILES string of the molecule is CCn1nc(C)cc1C(=O)N1CCC(C)C(O)C1. The van der Waals surface area contributed by atoms with Crippen LogP contribution >= 0.6 is 0 Å². The predicted octanol–water partition coefficient (Wildman–Crippen LogP) is 1.05. The van der Waals surface area contributed by atoms with Crippen molar-refractivity contribution in [3.8, 4) is 0 Å². The molecule has 5 heteroatoms. The molecule has 18 heavy (non-hydrogen) atoms. The topological polar surface area (TPSA) is 58.4 Å². The molecule has 0 aliphatic carbocycles. The fraction of sp³-hybridized carbons (Fsp3) is 0.692. The average Bonchev–Trinajstić information content (AvgIpc) is 2.73. The van der Waals surface area contributed by atoms with Gasteiger partial charge in [0, 0.05) is 19.6 Å². The van der Waals surface area contributed by atoms with Crippen LogP contribution in [0.15, 0.2) is 6.07 Å². The number of nitrogens with zero attached hydrogens (tertiary/aromatic N) is 3. The van der Waals surface area contributed by atoms with Crippen LogP contribution in [0.3, 0.4) is 0 Å². The third kappa shape index (κ3) is 2.41. The van der Waals surface area contributed by atoms with E-state index in [0.717, 1.165) is 12.1 Å². The van der Waals surface area contributed by atoms with Gasteiger partial charge in [-0.25, -0.2) is 0 Å². The van der Waals surface area contributed by atoms with Crippen molar-refractivity contribution in [1.82, 2.24) is 14.7 Å². The van der Waals surface area contributed by atoms with Crippen LogP contribution in [0.25, 0.3) is 0 Å². The fourth-order valence-electron chi connectivity index (χ4n) is 2.35. The second kappa shape index (κ2) is 5.10. The quantitative estimate of drug-likeness (QED) is 0.855. The van der Waals surface area contributed by atoms with E-state index < -0.39 is 6.10 Å². The zero-order valence-corrected chi connectivity index (χ0v) is 11.3. The van der Waals surface area contributed by atoms with Gasteiger partial charge in [0.05, 0.1) is 11.8 Å². The molecule has 100 valence electrons. The summed E-state index contributed by atoms with van der Waals surface area (Å²) < 4.78 is 1.72. The molecule has 1 aromatic rings. The van der Waals surface area contributed by atoms with Crippen LogP contribution in [0.1, 0.15) is 36.5 Å². The van der Waals surface area contributed by atoms with E-state index in [4.69, 9.17) is 0 Å². The minimum atomic E-state index is -0.415. The van der Waals surface area contributed by atoms with E-state index in [-0.39, 0.29) is 11.8 Å². The van der Waals surface area contributed by atoms with Gasteiger partial charge < -0.3 is 10.0 Å². The smallest absolute Gasteiger partial charge is 0.272 e. The van der Waals surface area contributed by atoms with Gasteiger partial charge in [0.15, 0.2) is 0 Å². The van der Waals surface area contributed by atoms with Gasteiger partial charge >= 0.3 is 0 Å². The molecule has 2 unspecified atom stereocenters. The zero-order valence-electron chi connectivity index (χ0n) is 11.3. The Morgan fingerprint density at radius 3 is 2.94 bits per heavy atom. The number of rotatable bonds is 2. The second-order valence-corrected chi connectivity index (χ2v) is 5.07. The van der Waals surface area contributed by atoms with Crippen molar-refractivity contribution in [2.24, 2.45) is 5.92 Å². The van der Waals surface area contributed by atoms with Gasteiger partial charge in [-0.3, -0.25) is 9.48 Å². The van der Waals surface area contributed by atoms with E-state index in [2.05, 4.69) is 5.10 Å². The summed E-state index contributed by atoms with van der Waals surface area (Å²) >= 11 is 0. The summed E-state index contributed by atoms with van der Waals surface area (Å²) in [6.07, 6.45) is 0.438. The van der Waals surface area contributed by atoms with Crippen molar-refractivity contribution in [2.45, 2.75) is 39.8 Å². The third-order valence-electron chi connectivity index (χ3n) is 3.63. The van der Waals surface area contributed by atoms with Crippen molar-refractivity contribution in [3.05, 3.63) is 17.5 Å². The number of hydrogen-bond acceptors (Lipinski definition) is 3. The summed E-state index contributed by atoms with van der Waals surface area (Å²) in [4.78, 5) is 14.1. The van der Waals surface area contributed by atoms with Crippen molar-refractivity contribution in [1.29, 1.82) is 0 Å². The molecule has 0 radical (unpaired) electrons. The largest absolute Gasteiger partial charge is 0.391 e. The lowest BCUT2D eigenvalue weighted by molar-refractivity contribution is 0.0241. The van der Waals surface area contributed by atoms with Gasteiger partial charge in [-0.1, -0.05) is 6.92 Å². The monoisotopic (exact) mass is 251 g/mol. The Labute approximate surface area is 107 Å². The molecule has 1 aromatic heterocycles. The Kier molecular flexibility index (Phi) is 3.71. The molecule has 1 N–H and O–H groups in total. The number of aromatic nitrogens is 2. The van der Waals surface area contributed by atoms with Crippen molar-refractivity contribution in [2.75, 3.05) is 13.1 Å². The van der Waals surface area contributed by atoms with Gasteiger partial charge in [0.2, 0.25) is 0 Å². The number of aryl methyl sites for hydroxylation is 2. The Balaban J connectivity index is 2.16. The van der Waals surface area contributed by atoms with E-state index in [1.165, 1.54) is 0 Å². The van der Waals surface area contributed by atoms with Crippen LogP contribution in [-0.4, -0.2) is 44.9 Å². The number of likely N-dealkylation sites (tertiary alicyclic amines) is 1. The molecule has 1 aliphatic heterocycles. The first-order valence-corrected chi connectivity index (χ1v) is 6.54. The lowest BCUT2D eigenvalue weighted by Gasteiger charge is -2.34. The molecule has 2 rings (SSSR count). The summed E-state index contributed by atoms with van der Waals surface area (Å²) in [6, 6.07) is 1.82. The summed E-state index contributed by atoms with van der Waals surface area (Å²) in [6.45, 7) is 7.69. The Hall–Kier alpha value is -1.36. The number of amides is 1. The number of aliphatic hydroxyl groups excluding tert-OH is 1. The third-order valence-corrected chi connectivity index (χ3v) is 3.63. The summed E-state index contributed by atoms with van der Waals surface area (Å²) in [5.74, 6) is 0.246. The first-order valence-electron chi connectivity index (χ1n) is 6.54. The van der Waals surface area contributed by atoms with Gasteiger partial charge in [-0.15, -0.1) is 0 Å². The van der Waals surface area contributed by atoms with E-state index in [9.17, 15) is 9.90 Å². The highest BCUT2D eigenvalue weighted by Crippen LogP contribution is 2.19. The van der Waals surface area contributed by atoms with Crippen LogP contribution in [0.4, 0.5) is 0 Å². The van der Waals surface area contributed by atoms with Gasteiger partial charge in [-0.2, -0.15) is 5.10 Å². The van der Waals surface area contributed by atoms with E-state index in [1.807, 2.05) is 26.8 Å². The number of hydrogen-bond donors (Lipinski definition) is 1. The van der Waals surface area contributed by atoms with Crippen LogP contribution in [0.2, 0.25) is 0 Å². The Morgan fingerprint density at radius 2 is 2.33 bits per heavy atom. The van der Waals surface area contributed by atoms with Crippen LogP contribution in [0.5, 0.6) is 0 Å². The number of piperidine rings is 1. The van der Waals surface area contributed by atoms with Crippen molar-refractivity contribution >= 4 is 5.91 Å². The maximum atomic E-state index is 12.4. The molecule has 5 nitrogen and oxygen atoms in total. The molecule has 0 aromatic carbocycles. The van der Waals surface area contributed by atoms with Gasteiger partial charge in [-0.05, 0) is 32.3 Å². The molecule has 2 atom stereocenters. The summed E-state index contributed by atoms with van der Waals surface area (Å²) in [5, 5.41) is 14.1. The Bertz CT molecular complexity index is 441. The van der Waals surface area contributed by atoms with Crippen molar-refractivity contribution < 1.29 is 9.90 Å². The minimum absolute atomic E-state index is 0.0246. The average molecular weight is 251 g/mol. The number of aliphatic hydroxyl groups is 1. The molecule has 0 spiro atoms. The van der Waals surface area contributed by atoms with Gasteiger partial charge in [0.25, 0.3) is 5.91 Å². The highest BCUT2D eigenvalue weighted by atomic mass is 16.3.